The summed E-state index contributed by atoms with van der Waals surface area (Å²) in [5.74, 6) is 0.0257. The SMILES string of the molecule is [C-]#[N+]C1=C[C@]2(C)C3=CC(=O)[C@@H]4[C@@H]5CC(C)(C)CC[C@]5(C(=O)n5cccc5)CC[C@@]4(C)[C@]3(C)CC[C@H]2C(C)(C)C1=O. The third-order valence-corrected chi connectivity index (χ3v) is 13.1. The van der Waals surface area contributed by atoms with E-state index in [0.29, 0.717) is 0 Å². The van der Waals surface area contributed by atoms with E-state index in [2.05, 4.69) is 39.5 Å². The van der Waals surface area contributed by atoms with Gasteiger partial charge in [-0.15, -0.1) is 0 Å². The number of nitrogens with zero attached hydrogens (tertiary/aromatic N) is 2. The molecule has 5 nitrogen and oxygen atoms in total. The summed E-state index contributed by atoms with van der Waals surface area (Å²) in [6, 6.07) is 3.82. The number of aromatic nitrogens is 1. The van der Waals surface area contributed by atoms with E-state index in [4.69, 9.17) is 6.57 Å². The maximum Gasteiger partial charge on any atom is 0.237 e. The molecule has 7 atom stereocenters. The number of hydrogen-bond donors (Lipinski definition) is 0. The molecule has 0 aliphatic heterocycles. The molecule has 0 amide bonds. The number of Topliss-reactive ketones (excluding diaryl/α,β-unsaturated/α-hetero) is 1. The zero-order valence-corrected chi connectivity index (χ0v) is 25.3. The lowest BCUT2D eigenvalue weighted by atomic mass is 9.34. The Kier molecular flexibility index (Phi) is 5.61. The van der Waals surface area contributed by atoms with Crippen LogP contribution in [0.25, 0.3) is 4.85 Å². The van der Waals surface area contributed by atoms with E-state index < -0.39 is 16.2 Å². The molecule has 5 aliphatic carbocycles. The van der Waals surface area contributed by atoms with Gasteiger partial charge in [-0.05, 0) is 91.2 Å². The van der Waals surface area contributed by atoms with Gasteiger partial charge >= 0.3 is 0 Å². The fourth-order valence-electron chi connectivity index (χ4n) is 10.7. The Hall–Kier alpha value is -2.74. The lowest BCUT2D eigenvalue weighted by Gasteiger charge is -2.69. The zero-order chi connectivity index (χ0) is 29.1. The predicted molar refractivity (Wildman–Crippen MR) is 155 cm³/mol. The van der Waals surface area contributed by atoms with E-state index in [9.17, 15) is 14.4 Å². The number of rotatable bonds is 1. The molecular formula is C35H44N2O3. The summed E-state index contributed by atoms with van der Waals surface area (Å²) in [7, 11) is 0. The Morgan fingerprint density at radius 1 is 0.950 bits per heavy atom. The van der Waals surface area contributed by atoms with Crippen LogP contribution in [0.15, 0.2) is 47.9 Å². The van der Waals surface area contributed by atoms with Crippen molar-refractivity contribution in [2.75, 3.05) is 0 Å². The van der Waals surface area contributed by atoms with Crippen LogP contribution in [0.1, 0.15) is 98.2 Å². The van der Waals surface area contributed by atoms with Crippen LogP contribution in [-0.2, 0) is 9.59 Å². The predicted octanol–water partition coefficient (Wildman–Crippen LogP) is 7.70. The first kappa shape index (κ1) is 27.4. The van der Waals surface area contributed by atoms with Crippen molar-refractivity contribution in [2.24, 2.45) is 50.2 Å². The fraction of sp³-hybridized carbons (Fsp3) is 0.657. The van der Waals surface area contributed by atoms with Crippen molar-refractivity contribution in [1.29, 1.82) is 0 Å². The van der Waals surface area contributed by atoms with E-state index >= 15 is 0 Å². The molecule has 0 N–H and O–H groups in total. The number of allylic oxidation sites excluding steroid dienone is 4. The molecule has 0 aromatic carbocycles. The van der Waals surface area contributed by atoms with Gasteiger partial charge in [0.2, 0.25) is 11.6 Å². The minimum atomic E-state index is -0.662. The van der Waals surface area contributed by atoms with E-state index in [0.717, 1.165) is 50.5 Å². The van der Waals surface area contributed by atoms with Crippen LogP contribution in [0.2, 0.25) is 0 Å². The summed E-state index contributed by atoms with van der Waals surface area (Å²) < 4.78 is 1.76. The highest BCUT2D eigenvalue weighted by Gasteiger charge is 2.70. The van der Waals surface area contributed by atoms with Gasteiger partial charge in [0.25, 0.3) is 0 Å². The Bertz CT molecular complexity index is 1420. The number of carbonyl (C=O) groups is 3. The summed E-state index contributed by atoms with van der Waals surface area (Å²) in [5.41, 5.74) is -0.907. The highest BCUT2D eigenvalue weighted by Crippen LogP contribution is 2.74. The molecule has 0 radical (unpaired) electrons. The van der Waals surface area contributed by atoms with Gasteiger partial charge in [-0.1, -0.05) is 60.1 Å². The van der Waals surface area contributed by atoms with Crippen LogP contribution in [0.3, 0.4) is 0 Å². The van der Waals surface area contributed by atoms with Crippen molar-refractivity contribution in [3.05, 3.63) is 59.4 Å². The summed E-state index contributed by atoms with van der Waals surface area (Å²) >= 11 is 0. The van der Waals surface area contributed by atoms with Gasteiger partial charge in [-0.25, -0.2) is 4.85 Å². The lowest BCUT2D eigenvalue weighted by molar-refractivity contribution is -0.164. The summed E-state index contributed by atoms with van der Waals surface area (Å²) in [5, 5.41) is 0. The smallest absolute Gasteiger partial charge is 0.237 e. The summed E-state index contributed by atoms with van der Waals surface area (Å²) in [6.45, 7) is 23.2. The minimum absolute atomic E-state index is 0.0173. The van der Waals surface area contributed by atoms with Crippen molar-refractivity contribution >= 4 is 17.5 Å². The first-order valence-electron chi connectivity index (χ1n) is 15.2. The number of hydrogen-bond acceptors (Lipinski definition) is 3. The molecular weight excluding hydrogens is 496 g/mol. The average Bonchev–Trinajstić information content (AvgIpc) is 3.42. The van der Waals surface area contributed by atoms with E-state index in [1.807, 2.05) is 50.5 Å². The first-order chi connectivity index (χ1) is 18.6. The van der Waals surface area contributed by atoms with E-state index in [1.54, 1.807) is 4.57 Å². The van der Waals surface area contributed by atoms with Gasteiger partial charge < -0.3 is 4.79 Å². The Balaban J connectivity index is 1.53. The van der Waals surface area contributed by atoms with Crippen LogP contribution in [0.5, 0.6) is 0 Å². The molecule has 3 saturated carbocycles. The third-order valence-electron chi connectivity index (χ3n) is 13.1. The van der Waals surface area contributed by atoms with Crippen LogP contribution < -0.4 is 0 Å². The third kappa shape index (κ3) is 3.23. The molecule has 1 heterocycles. The van der Waals surface area contributed by atoms with Crippen LogP contribution in [-0.4, -0.2) is 22.0 Å². The molecule has 0 saturated heterocycles. The topological polar surface area (TPSA) is 60.5 Å². The largest absolute Gasteiger partial charge is 0.307 e. The molecule has 1 aromatic rings. The van der Waals surface area contributed by atoms with Crippen LogP contribution in [0.4, 0.5) is 0 Å². The second kappa shape index (κ2) is 8.17. The molecule has 1 aromatic heterocycles. The minimum Gasteiger partial charge on any atom is -0.307 e. The van der Waals surface area contributed by atoms with E-state index in [1.165, 1.54) is 0 Å². The Morgan fingerprint density at radius 3 is 2.25 bits per heavy atom. The fourth-order valence-corrected chi connectivity index (χ4v) is 10.7. The normalized spacial score (nSPS) is 43.2. The molecule has 3 fully saturated rings. The maximum absolute atomic E-state index is 14.6. The molecule has 0 bridgehead atoms. The highest BCUT2D eigenvalue weighted by molar-refractivity contribution is 6.03. The van der Waals surface area contributed by atoms with Crippen molar-refractivity contribution in [1.82, 2.24) is 4.57 Å². The van der Waals surface area contributed by atoms with Crippen molar-refractivity contribution in [2.45, 2.75) is 93.4 Å². The molecule has 6 rings (SSSR count). The second-order valence-electron chi connectivity index (χ2n) is 15.8. The molecule has 0 spiro atoms. The van der Waals surface area contributed by atoms with Gasteiger partial charge in [0.15, 0.2) is 11.6 Å². The first-order valence-corrected chi connectivity index (χ1v) is 15.2. The Labute approximate surface area is 239 Å². The molecule has 40 heavy (non-hydrogen) atoms. The van der Waals surface area contributed by atoms with Gasteiger partial charge in [0.1, 0.15) is 0 Å². The summed E-state index contributed by atoms with van der Waals surface area (Å²) in [4.78, 5) is 45.8. The number of ketones is 2. The zero-order valence-electron chi connectivity index (χ0n) is 25.3. The summed E-state index contributed by atoms with van der Waals surface area (Å²) in [6.07, 6.45) is 13.6. The quantitative estimate of drug-likeness (QED) is 0.343. The maximum atomic E-state index is 14.6. The van der Waals surface area contributed by atoms with Gasteiger partial charge in [-0.3, -0.25) is 14.2 Å². The van der Waals surface area contributed by atoms with Crippen LogP contribution >= 0.6 is 0 Å². The van der Waals surface area contributed by atoms with Gasteiger partial charge in [-0.2, -0.15) is 0 Å². The van der Waals surface area contributed by atoms with Crippen molar-refractivity contribution in [3.63, 3.8) is 0 Å². The average molecular weight is 541 g/mol. The molecule has 5 heteroatoms. The highest BCUT2D eigenvalue weighted by atomic mass is 16.2. The van der Waals surface area contributed by atoms with Crippen LogP contribution in [0, 0.1) is 56.8 Å². The molecule has 212 valence electrons. The monoisotopic (exact) mass is 540 g/mol. The number of fused-ring (bicyclic) bond motifs is 7. The van der Waals surface area contributed by atoms with Gasteiger partial charge in [0.05, 0.1) is 12.0 Å². The van der Waals surface area contributed by atoms with E-state index in [-0.39, 0.29) is 57.2 Å². The lowest BCUT2D eigenvalue weighted by Crippen LogP contribution is -2.66. The standard InChI is InChI=1S/C35H44N2O3/c1-30(2)13-15-35(29(40)37-17-9-10-18-37)16-14-34(7)27(22(35)20-30)24(38)19-26-32(5)21-23(36-8)28(39)31(3,4)25(32)11-12-33(26,34)6/h9-10,17-19,21-22,25,27H,11-16,20H2,1-7H3/t22-,25-,27-,32-,33+,34+,35-/m0/s1. The van der Waals surface area contributed by atoms with Gasteiger partial charge in [0, 0.05) is 29.1 Å². The number of carbonyl (C=O) groups excluding carboxylic acids is 3. The second-order valence-corrected chi connectivity index (χ2v) is 15.8. The Morgan fingerprint density at radius 2 is 1.60 bits per heavy atom. The molecule has 0 unspecified atom stereocenters. The van der Waals surface area contributed by atoms with Crippen molar-refractivity contribution in [3.8, 4) is 0 Å². The van der Waals surface area contributed by atoms with Crippen molar-refractivity contribution < 1.29 is 14.4 Å². The molecule has 5 aliphatic rings.